The first-order chi connectivity index (χ1) is 11.3. The van der Waals surface area contributed by atoms with Crippen molar-refractivity contribution in [2.75, 3.05) is 0 Å². The molecule has 2 atom stereocenters. The van der Waals surface area contributed by atoms with Gasteiger partial charge >= 0.3 is 18.0 Å². The number of carbonyl (C=O) groups excluding carboxylic acids is 3. The van der Waals surface area contributed by atoms with Gasteiger partial charge in [-0.3, -0.25) is 0 Å². The molecule has 0 radical (unpaired) electrons. The monoisotopic (exact) mass is 334 g/mol. The van der Waals surface area contributed by atoms with Crippen LogP contribution in [0.25, 0.3) is 0 Å². The van der Waals surface area contributed by atoms with Crippen LogP contribution >= 0.6 is 0 Å². The predicted octanol–water partition coefficient (Wildman–Crippen LogP) is 1.75. The Labute approximate surface area is 140 Å². The van der Waals surface area contributed by atoms with Crippen LogP contribution in [0.4, 0.5) is 4.79 Å². The van der Waals surface area contributed by atoms with Gasteiger partial charge in [-0.25, -0.2) is 14.4 Å². The first-order valence-electron chi connectivity index (χ1n) is 7.90. The van der Waals surface area contributed by atoms with Gasteiger partial charge in [0, 0.05) is 19.0 Å². The summed E-state index contributed by atoms with van der Waals surface area (Å²) in [4.78, 5) is 35.0. The highest BCUT2D eigenvalue weighted by molar-refractivity contribution is 5.91. The first kappa shape index (κ1) is 17.8. The first-order valence-corrected chi connectivity index (χ1v) is 7.90. The fourth-order valence-corrected chi connectivity index (χ4v) is 2.27. The molecule has 1 fully saturated rings. The molecule has 130 valence electrons. The Morgan fingerprint density at radius 1 is 1.29 bits per heavy atom. The number of carbonyl (C=O) groups is 3. The van der Waals surface area contributed by atoms with Gasteiger partial charge in [0.15, 0.2) is 0 Å². The maximum Gasteiger partial charge on any atom is 0.347 e. The van der Waals surface area contributed by atoms with E-state index >= 15 is 0 Å². The Morgan fingerprint density at radius 3 is 2.50 bits per heavy atom. The van der Waals surface area contributed by atoms with Crippen molar-refractivity contribution in [3.63, 3.8) is 0 Å². The molecule has 0 bridgehead atoms. The molecule has 1 aliphatic rings. The Morgan fingerprint density at radius 2 is 1.96 bits per heavy atom. The summed E-state index contributed by atoms with van der Waals surface area (Å²) in [7, 11) is 0. The minimum atomic E-state index is -0.839. The second kappa shape index (κ2) is 7.81. The number of urea groups is 1. The van der Waals surface area contributed by atoms with E-state index in [1.54, 1.807) is 31.2 Å². The van der Waals surface area contributed by atoms with Gasteiger partial charge in [-0.05, 0) is 38.5 Å². The minimum absolute atomic E-state index is 0.0622. The SMILES string of the molecule is CC(C)NC(=O)NCc1ccc(C(=O)O[C@H]2C[C@@H](C)OC2=O)cc1. The van der Waals surface area contributed by atoms with E-state index in [1.165, 1.54) is 0 Å². The van der Waals surface area contributed by atoms with Gasteiger partial charge in [0.25, 0.3) is 0 Å². The number of benzene rings is 1. The quantitative estimate of drug-likeness (QED) is 0.800. The van der Waals surface area contributed by atoms with Crippen LogP contribution in [-0.4, -0.2) is 36.2 Å². The zero-order valence-corrected chi connectivity index (χ0v) is 14.0. The molecule has 0 aromatic heterocycles. The van der Waals surface area contributed by atoms with Gasteiger partial charge in [-0.15, -0.1) is 0 Å². The van der Waals surface area contributed by atoms with Gasteiger partial charge in [-0.1, -0.05) is 12.1 Å². The molecular formula is C17H22N2O5. The second-order valence-corrected chi connectivity index (χ2v) is 6.06. The summed E-state index contributed by atoms with van der Waals surface area (Å²) in [6, 6.07) is 6.46. The molecule has 0 unspecified atom stereocenters. The zero-order valence-electron chi connectivity index (χ0n) is 14.0. The number of hydrogen-bond acceptors (Lipinski definition) is 5. The molecule has 1 aromatic carbocycles. The standard InChI is InChI=1S/C17H22N2O5/c1-10(2)19-17(22)18-9-12-4-6-13(7-5-12)15(20)24-14-8-11(3)23-16(14)21/h4-7,10-11,14H,8-9H2,1-3H3,(H2,18,19,22)/t11-,14+/m1/s1. The maximum absolute atomic E-state index is 12.0. The van der Waals surface area contributed by atoms with E-state index in [4.69, 9.17) is 9.47 Å². The number of cyclic esters (lactones) is 1. The Hall–Kier alpha value is -2.57. The van der Waals surface area contributed by atoms with Crippen LogP contribution in [0.5, 0.6) is 0 Å². The van der Waals surface area contributed by atoms with Crippen LogP contribution < -0.4 is 10.6 Å². The minimum Gasteiger partial charge on any atom is -0.460 e. The van der Waals surface area contributed by atoms with E-state index in [2.05, 4.69) is 10.6 Å². The number of nitrogens with one attached hydrogen (secondary N) is 2. The van der Waals surface area contributed by atoms with Crippen LogP contribution in [0, 0.1) is 0 Å². The molecule has 1 saturated heterocycles. The third kappa shape index (κ3) is 4.97. The highest BCUT2D eigenvalue weighted by atomic mass is 16.6. The van der Waals surface area contributed by atoms with E-state index in [0.29, 0.717) is 18.5 Å². The molecule has 7 nitrogen and oxygen atoms in total. The summed E-state index contributed by atoms with van der Waals surface area (Å²) in [5, 5.41) is 5.44. The Bertz CT molecular complexity index is 612. The second-order valence-electron chi connectivity index (χ2n) is 6.06. The summed E-state index contributed by atoms with van der Waals surface area (Å²) >= 11 is 0. The van der Waals surface area contributed by atoms with Crippen molar-refractivity contribution < 1.29 is 23.9 Å². The van der Waals surface area contributed by atoms with Crippen molar-refractivity contribution in [1.82, 2.24) is 10.6 Å². The Kier molecular flexibility index (Phi) is 5.78. The van der Waals surface area contributed by atoms with Gasteiger partial charge in [0.1, 0.15) is 6.10 Å². The third-order valence-electron chi connectivity index (χ3n) is 3.44. The van der Waals surface area contributed by atoms with Gasteiger partial charge in [-0.2, -0.15) is 0 Å². The summed E-state index contributed by atoms with van der Waals surface area (Å²) < 4.78 is 10.1. The average molecular weight is 334 g/mol. The molecule has 1 aliphatic heterocycles. The van der Waals surface area contributed by atoms with Crippen molar-refractivity contribution in [1.29, 1.82) is 0 Å². The fraction of sp³-hybridized carbons (Fsp3) is 0.471. The number of rotatable bonds is 5. The molecular weight excluding hydrogens is 312 g/mol. The lowest BCUT2D eigenvalue weighted by Crippen LogP contribution is -2.39. The molecule has 2 N–H and O–H groups in total. The van der Waals surface area contributed by atoms with Crippen molar-refractivity contribution in [3.8, 4) is 0 Å². The normalized spacial score (nSPS) is 19.8. The van der Waals surface area contributed by atoms with Gasteiger partial charge in [0.2, 0.25) is 6.10 Å². The highest BCUT2D eigenvalue weighted by Gasteiger charge is 2.35. The zero-order chi connectivity index (χ0) is 17.7. The predicted molar refractivity (Wildman–Crippen MR) is 86.3 cm³/mol. The van der Waals surface area contributed by atoms with Crippen molar-refractivity contribution in [3.05, 3.63) is 35.4 Å². The molecule has 7 heteroatoms. The lowest BCUT2D eigenvalue weighted by atomic mass is 10.1. The number of esters is 2. The van der Waals surface area contributed by atoms with Crippen LogP contribution in [0.2, 0.25) is 0 Å². The summed E-state index contributed by atoms with van der Waals surface area (Å²) in [5.74, 6) is -1.07. The molecule has 2 rings (SSSR count). The van der Waals surface area contributed by atoms with Gasteiger partial charge < -0.3 is 20.1 Å². The van der Waals surface area contributed by atoms with Crippen LogP contribution in [0.3, 0.4) is 0 Å². The van der Waals surface area contributed by atoms with Crippen LogP contribution in [0.15, 0.2) is 24.3 Å². The summed E-state index contributed by atoms with van der Waals surface area (Å²) in [6.45, 7) is 5.85. The average Bonchev–Trinajstić information content (AvgIpc) is 2.82. The molecule has 24 heavy (non-hydrogen) atoms. The summed E-state index contributed by atoms with van der Waals surface area (Å²) in [5.41, 5.74) is 1.19. The maximum atomic E-state index is 12.0. The molecule has 0 saturated carbocycles. The largest absolute Gasteiger partial charge is 0.460 e. The lowest BCUT2D eigenvalue weighted by Gasteiger charge is -2.11. The smallest absolute Gasteiger partial charge is 0.347 e. The molecule has 1 heterocycles. The number of hydrogen-bond donors (Lipinski definition) is 2. The topological polar surface area (TPSA) is 93.7 Å². The van der Waals surface area contributed by atoms with Crippen molar-refractivity contribution >= 4 is 18.0 Å². The Balaban J connectivity index is 1.86. The molecule has 0 aliphatic carbocycles. The highest BCUT2D eigenvalue weighted by Crippen LogP contribution is 2.19. The van der Waals surface area contributed by atoms with Crippen LogP contribution in [-0.2, 0) is 20.8 Å². The number of ether oxygens (including phenoxy) is 2. The summed E-state index contributed by atoms with van der Waals surface area (Å²) in [6.07, 6.45) is -0.702. The molecule has 2 amide bonds. The van der Waals surface area contributed by atoms with Crippen LogP contribution in [0.1, 0.15) is 43.1 Å². The molecule has 0 spiro atoms. The lowest BCUT2D eigenvalue weighted by molar-refractivity contribution is -0.147. The van der Waals surface area contributed by atoms with Gasteiger partial charge in [0.05, 0.1) is 5.56 Å². The number of amides is 2. The fourth-order valence-electron chi connectivity index (χ4n) is 2.27. The van der Waals surface area contributed by atoms with E-state index in [-0.39, 0.29) is 18.2 Å². The van der Waals surface area contributed by atoms with E-state index < -0.39 is 18.0 Å². The molecule has 1 aromatic rings. The van der Waals surface area contributed by atoms with E-state index in [9.17, 15) is 14.4 Å². The van der Waals surface area contributed by atoms with E-state index in [1.807, 2.05) is 13.8 Å². The van der Waals surface area contributed by atoms with Crippen molar-refractivity contribution in [2.45, 2.75) is 52.0 Å². The third-order valence-corrected chi connectivity index (χ3v) is 3.44. The van der Waals surface area contributed by atoms with Crippen molar-refractivity contribution in [2.24, 2.45) is 0 Å². The van der Waals surface area contributed by atoms with E-state index in [0.717, 1.165) is 5.56 Å².